The Kier molecular flexibility index (Phi) is 5.71. The molecule has 0 radical (unpaired) electrons. The van der Waals surface area contributed by atoms with Crippen LogP contribution < -0.4 is 0 Å². The van der Waals surface area contributed by atoms with Crippen LogP contribution in [-0.4, -0.2) is 44.3 Å². The molecule has 0 heterocycles. The Morgan fingerprint density at radius 2 is 0.842 bits per heavy atom. The maximum atomic E-state index is 10.6. The molecule has 0 aliphatic rings. The quantitative estimate of drug-likeness (QED) is 0.631. The second kappa shape index (κ2) is 6.74. The van der Waals surface area contributed by atoms with Gasteiger partial charge in [-0.1, -0.05) is 0 Å². The molecule has 0 fully saturated rings. The Labute approximate surface area is 106 Å². The van der Waals surface area contributed by atoms with Gasteiger partial charge in [-0.3, -0.25) is 4.79 Å². The molecule has 102 valence electrons. The van der Waals surface area contributed by atoms with Crippen LogP contribution in [0.3, 0.4) is 0 Å². The van der Waals surface area contributed by atoms with Gasteiger partial charge in [0.1, 0.15) is 0 Å². The predicted octanol–water partition coefficient (Wildman–Crippen LogP) is 0.872. The molecule has 0 aliphatic heterocycles. The first kappa shape index (κ1) is 16.1. The van der Waals surface area contributed by atoms with Crippen LogP contribution in [0.25, 0.3) is 0 Å². The molecule has 0 aliphatic carbocycles. The highest BCUT2D eigenvalue weighted by molar-refractivity contribution is 5.98. The number of carboxylic acid groups (broad SMARTS) is 4. The number of carboxylic acids is 4. The summed E-state index contributed by atoms with van der Waals surface area (Å²) in [5, 5.41) is 33.3. The van der Waals surface area contributed by atoms with Crippen molar-refractivity contribution in [2.24, 2.45) is 0 Å². The van der Waals surface area contributed by atoms with Crippen LogP contribution in [0, 0.1) is 0 Å². The van der Waals surface area contributed by atoms with E-state index in [0.29, 0.717) is 0 Å². The van der Waals surface area contributed by atoms with Gasteiger partial charge < -0.3 is 20.4 Å². The summed E-state index contributed by atoms with van der Waals surface area (Å²) in [7, 11) is 0. The molecule has 1 aromatic carbocycles. The van der Waals surface area contributed by atoms with Gasteiger partial charge in [-0.05, 0) is 18.2 Å². The monoisotopic (exact) mass is 270 g/mol. The first-order chi connectivity index (χ1) is 8.65. The Hall–Kier alpha value is -2.90. The highest BCUT2D eigenvalue weighted by atomic mass is 16.4. The fourth-order valence-corrected chi connectivity index (χ4v) is 0.998. The molecular weight excluding hydrogens is 260 g/mol. The van der Waals surface area contributed by atoms with E-state index in [-0.39, 0.29) is 16.7 Å². The largest absolute Gasteiger partial charge is 0.481 e. The molecule has 1 aromatic rings. The number of carbonyl (C=O) groups is 4. The summed E-state index contributed by atoms with van der Waals surface area (Å²) in [6.45, 7) is 1.08. The molecule has 0 unspecified atom stereocenters. The molecule has 0 saturated heterocycles. The lowest BCUT2D eigenvalue weighted by atomic mass is 10.1. The van der Waals surface area contributed by atoms with Gasteiger partial charge >= 0.3 is 17.9 Å². The van der Waals surface area contributed by atoms with Gasteiger partial charge in [-0.2, -0.15) is 0 Å². The van der Waals surface area contributed by atoms with Crippen molar-refractivity contribution in [3.05, 3.63) is 34.9 Å². The first-order valence-electron chi connectivity index (χ1n) is 4.69. The second-order valence-electron chi connectivity index (χ2n) is 3.23. The lowest BCUT2D eigenvalue weighted by Crippen LogP contribution is -2.07. The predicted molar refractivity (Wildman–Crippen MR) is 60.6 cm³/mol. The number of hydrogen-bond donors (Lipinski definition) is 4. The van der Waals surface area contributed by atoms with Gasteiger partial charge in [-0.15, -0.1) is 0 Å². The Bertz CT molecular complexity index is 448. The molecule has 19 heavy (non-hydrogen) atoms. The van der Waals surface area contributed by atoms with Crippen LogP contribution in [0.2, 0.25) is 0 Å². The Morgan fingerprint density at radius 3 is 0.947 bits per heavy atom. The molecule has 0 saturated carbocycles. The molecular formula is C11H10O8. The van der Waals surface area contributed by atoms with E-state index in [1.807, 2.05) is 0 Å². The zero-order chi connectivity index (χ0) is 15.2. The summed E-state index contributed by atoms with van der Waals surface area (Å²) in [6.07, 6.45) is 0. The van der Waals surface area contributed by atoms with Gasteiger partial charge in [0.25, 0.3) is 5.97 Å². The van der Waals surface area contributed by atoms with Crippen molar-refractivity contribution in [2.45, 2.75) is 6.92 Å². The summed E-state index contributed by atoms with van der Waals surface area (Å²) >= 11 is 0. The van der Waals surface area contributed by atoms with Crippen LogP contribution in [0.1, 0.15) is 38.0 Å². The molecule has 4 N–H and O–H groups in total. The lowest BCUT2D eigenvalue weighted by Gasteiger charge is -2.00. The number of hydrogen-bond acceptors (Lipinski definition) is 4. The van der Waals surface area contributed by atoms with Crippen molar-refractivity contribution in [3.8, 4) is 0 Å². The minimum absolute atomic E-state index is 0.368. The van der Waals surface area contributed by atoms with Gasteiger partial charge in [-0.25, -0.2) is 14.4 Å². The van der Waals surface area contributed by atoms with E-state index in [1.165, 1.54) is 0 Å². The van der Waals surface area contributed by atoms with Crippen molar-refractivity contribution in [3.63, 3.8) is 0 Å². The summed E-state index contributed by atoms with van der Waals surface area (Å²) < 4.78 is 0. The van der Waals surface area contributed by atoms with Crippen molar-refractivity contribution in [1.82, 2.24) is 0 Å². The fourth-order valence-electron chi connectivity index (χ4n) is 0.998. The van der Waals surface area contributed by atoms with E-state index in [9.17, 15) is 14.4 Å². The molecule has 8 heteroatoms. The summed E-state index contributed by atoms with van der Waals surface area (Å²) in [4.78, 5) is 40.7. The van der Waals surface area contributed by atoms with Gasteiger partial charge in [0.15, 0.2) is 0 Å². The van der Waals surface area contributed by atoms with Crippen molar-refractivity contribution in [2.75, 3.05) is 0 Å². The minimum atomic E-state index is -1.37. The summed E-state index contributed by atoms with van der Waals surface area (Å²) in [6, 6.07) is 2.70. The summed E-state index contributed by atoms with van der Waals surface area (Å²) in [5.74, 6) is -4.96. The number of aromatic carboxylic acids is 3. The minimum Gasteiger partial charge on any atom is -0.481 e. The van der Waals surface area contributed by atoms with Crippen molar-refractivity contribution >= 4 is 23.9 Å². The molecule has 0 amide bonds. The molecule has 0 aromatic heterocycles. The zero-order valence-corrected chi connectivity index (χ0v) is 9.65. The molecule has 0 bridgehead atoms. The van der Waals surface area contributed by atoms with Crippen LogP contribution in [-0.2, 0) is 4.79 Å². The lowest BCUT2D eigenvalue weighted by molar-refractivity contribution is -0.134. The Morgan fingerprint density at radius 1 is 0.684 bits per heavy atom. The number of benzene rings is 1. The Balaban J connectivity index is 0.000000711. The van der Waals surface area contributed by atoms with Gasteiger partial charge in [0.05, 0.1) is 16.7 Å². The average Bonchev–Trinajstić information content (AvgIpc) is 2.27. The molecule has 8 nitrogen and oxygen atoms in total. The van der Waals surface area contributed by atoms with E-state index < -0.39 is 23.9 Å². The molecule has 1 rings (SSSR count). The highest BCUT2D eigenvalue weighted by Crippen LogP contribution is 2.11. The van der Waals surface area contributed by atoms with Crippen LogP contribution in [0.5, 0.6) is 0 Å². The third kappa shape index (κ3) is 5.82. The second-order valence-corrected chi connectivity index (χ2v) is 3.23. The van der Waals surface area contributed by atoms with E-state index in [2.05, 4.69) is 0 Å². The van der Waals surface area contributed by atoms with E-state index in [1.54, 1.807) is 0 Å². The highest BCUT2D eigenvalue weighted by Gasteiger charge is 2.14. The maximum absolute atomic E-state index is 10.6. The van der Waals surface area contributed by atoms with E-state index >= 15 is 0 Å². The van der Waals surface area contributed by atoms with Gasteiger partial charge in [0, 0.05) is 6.92 Å². The maximum Gasteiger partial charge on any atom is 0.335 e. The third-order valence-electron chi connectivity index (χ3n) is 1.67. The topological polar surface area (TPSA) is 149 Å². The average molecular weight is 270 g/mol. The number of rotatable bonds is 3. The van der Waals surface area contributed by atoms with Crippen LogP contribution in [0.4, 0.5) is 0 Å². The smallest absolute Gasteiger partial charge is 0.335 e. The number of aliphatic carboxylic acids is 1. The van der Waals surface area contributed by atoms with Crippen LogP contribution >= 0.6 is 0 Å². The standard InChI is InChI=1S/C9H6O6.C2H4O2/c10-7(11)4-1-5(8(12)13)3-6(2-4)9(14)15;1-2(3)4/h1-3H,(H,10,11)(H,12,13)(H,14,15);1H3,(H,3,4). The molecule has 0 spiro atoms. The third-order valence-corrected chi connectivity index (χ3v) is 1.67. The molecule has 0 atom stereocenters. The van der Waals surface area contributed by atoms with E-state index in [0.717, 1.165) is 25.1 Å². The normalized spacial score (nSPS) is 8.89. The SMILES string of the molecule is CC(=O)O.O=C(O)c1cc(C(=O)O)cc(C(=O)O)c1. The van der Waals surface area contributed by atoms with Gasteiger partial charge in [0.2, 0.25) is 0 Å². The fraction of sp³-hybridized carbons (Fsp3) is 0.0909. The van der Waals surface area contributed by atoms with Crippen molar-refractivity contribution in [1.29, 1.82) is 0 Å². The zero-order valence-electron chi connectivity index (χ0n) is 9.65. The van der Waals surface area contributed by atoms with E-state index in [4.69, 9.17) is 25.2 Å². The van der Waals surface area contributed by atoms with Crippen LogP contribution in [0.15, 0.2) is 18.2 Å². The summed E-state index contributed by atoms with van der Waals surface area (Å²) in [5.41, 5.74) is -1.10. The van der Waals surface area contributed by atoms with Crippen molar-refractivity contribution < 1.29 is 39.6 Å². The first-order valence-corrected chi connectivity index (χ1v) is 4.69.